The normalized spacial score (nSPS) is 13.3. The van der Waals surface area contributed by atoms with Crippen molar-refractivity contribution in [2.75, 3.05) is 0 Å². The van der Waals surface area contributed by atoms with Crippen molar-refractivity contribution in [1.29, 1.82) is 0 Å². The third-order valence-electron chi connectivity index (χ3n) is 9.86. The Balaban J connectivity index is 0.000000173. The molecular formula is C47H28O18Y-2. The van der Waals surface area contributed by atoms with Crippen LogP contribution >= 0.6 is 0 Å². The van der Waals surface area contributed by atoms with Crippen LogP contribution in [0.15, 0.2) is 125 Å². The number of rotatable bonds is 4. The molecule has 0 bridgehead atoms. The summed E-state index contributed by atoms with van der Waals surface area (Å²) in [6.07, 6.45) is 2.19. The van der Waals surface area contributed by atoms with Gasteiger partial charge in [0.1, 0.15) is 0 Å². The predicted molar refractivity (Wildman–Crippen MR) is 223 cm³/mol. The van der Waals surface area contributed by atoms with E-state index in [0.29, 0.717) is 57.3 Å². The largest absolute Gasteiger partial charge is 0.386 e. The molecule has 19 heteroatoms. The van der Waals surface area contributed by atoms with E-state index in [2.05, 4.69) is 27.8 Å². The number of hydrogen-bond donors (Lipinski definition) is 0. The second-order valence-corrected chi connectivity index (χ2v) is 13.7. The molecule has 1 radical (unpaired) electrons. The van der Waals surface area contributed by atoms with Crippen LogP contribution in [0.1, 0.15) is 100 Å². The quantitative estimate of drug-likeness (QED) is 0.0985. The van der Waals surface area contributed by atoms with E-state index in [1.807, 2.05) is 0 Å². The summed E-state index contributed by atoms with van der Waals surface area (Å²) in [4.78, 5) is 134. The first-order chi connectivity index (χ1) is 30.2. The molecule has 7 aromatic rings. The summed E-state index contributed by atoms with van der Waals surface area (Å²) in [6, 6.07) is 25.5. The molecule has 0 fully saturated rings. The van der Waals surface area contributed by atoms with Gasteiger partial charge in [0, 0.05) is 32.7 Å². The second kappa shape index (κ2) is 19.8. The number of furan rings is 2. The molecule has 0 saturated heterocycles. The first kappa shape index (κ1) is 49.1. The van der Waals surface area contributed by atoms with Crippen molar-refractivity contribution >= 4 is 69.3 Å². The smallest absolute Gasteiger partial charge is 0.346 e. The average molecular weight is 970 g/mol. The average Bonchev–Trinajstić information content (AvgIpc) is 4.06. The van der Waals surface area contributed by atoms with Gasteiger partial charge in [0.2, 0.25) is 0 Å². The molecule has 0 spiro atoms. The summed E-state index contributed by atoms with van der Waals surface area (Å²) in [6.45, 7) is 0. The first-order valence-electron chi connectivity index (χ1n) is 18.4. The molecule has 0 atom stereocenters. The van der Waals surface area contributed by atoms with Crippen molar-refractivity contribution in [3.8, 4) is 0 Å². The molecule has 66 heavy (non-hydrogen) atoms. The van der Waals surface area contributed by atoms with E-state index in [4.69, 9.17) is 0 Å². The van der Waals surface area contributed by atoms with Crippen LogP contribution < -0.4 is 22.5 Å². The van der Waals surface area contributed by atoms with Gasteiger partial charge in [-0.05, 0) is 91.1 Å². The Bertz CT molecular complexity index is 3060. The molecule has 6 heterocycles. The minimum atomic E-state index is -0.824. The summed E-state index contributed by atoms with van der Waals surface area (Å²) < 4.78 is 26.5. The minimum Gasteiger partial charge on any atom is -0.386 e. The number of carbonyl (C=O) groups is 8. The van der Waals surface area contributed by atoms with Crippen LogP contribution in [0.3, 0.4) is 0 Å². The van der Waals surface area contributed by atoms with Gasteiger partial charge in [0.15, 0.2) is 0 Å². The van der Waals surface area contributed by atoms with Crippen molar-refractivity contribution in [2.45, 2.75) is 19.3 Å². The zero-order valence-electron chi connectivity index (χ0n) is 34.3. The minimum absolute atomic E-state index is 0. The van der Waals surface area contributed by atoms with Crippen molar-refractivity contribution in [1.82, 2.24) is 0 Å². The third kappa shape index (κ3) is 9.45. The van der Waals surface area contributed by atoms with E-state index >= 15 is 0 Å². The molecule has 0 aliphatic carbocycles. The van der Waals surface area contributed by atoms with Crippen molar-refractivity contribution in [2.24, 2.45) is 0 Å². The Morgan fingerprint density at radius 3 is 0.818 bits per heavy atom. The van der Waals surface area contributed by atoms with Crippen molar-refractivity contribution < 1.29 is 98.8 Å². The van der Waals surface area contributed by atoms with E-state index in [1.54, 1.807) is 84.9 Å². The SMILES string of the molecule is O=C1OC(=O)c2cc(CCCc3ccc4c(c3)C(=O)OC4=O)ccc21.O=C1OC(=O)c2ccccc21.O=C1OC(=O)c2ccccc21.O=c1oc(=O)c2cc3c(=O)oc(=O)c3cc12.[CH3-].[CH3-].[Y]. The fourth-order valence-electron chi connectivity index (χ4n) is 6.80. The molecule has 0 amide bonds. The maximum atomic E-state index is 11.6. The number of hydrogen-bond acceptors (Lipinski definition) is 18. The van der Waals surface area contributed by atoms with Gasteiger partial charge in [-0.3, -0.25) is 0 Å². The van der Waals surface area contributed by atoms with Gasteiger partial charge in [0.05, 0.1) is 66.1 Å². The van der Waals surface area contributed by atoms with Gasteiger partial charge < -0.3 is 42.6 Å². The zero-order chi connectivity index (χ0) is 44.7. The fourth-order valence-corrected chi connectivity index (χ4v) is 6.80. The van der Waals surface area contributed by atoms with Crippen LogP contribution in [0.5, 0.6) is 0 Å². The van der Waals surface area contributed by atoms with Gasteiger partial charge in [-0.2, -0.15) is 0 Å². The number of esters is 8. The zero-order valence-corrected chi connectivity index (χ0v) is 37.1. The third-order valence-corrected chi connectivity index (χ3v) is 9.86. The molecule has 5 aromatic carbocycles. The van der Waals surface area contributed by atoms with Crippen LogP contribution in [0.4, 0.5) is 0 Å². The van der Waals surface area contributed by atoms with Gasteiger partial charge in [-0.15, -0.1) is 0 Å². The summed E-state index contributed by atoms with van der Waals surface area (Å²) in [5.74, 6) is -4.63. The summed E-state index contributed by atoms with van der Waals surface area (Å²) in [7, 11) is 0. The topological polar surface area (TPSA) is 268 Å². The Morgan fingerprint density at radius 2 is 0.545 bits per heavy atom. The van der Waals surface area contributed by atoms with Gasteiger partial charge >= 0.3 is 70.3 Å². The monoisotopic (exact) mass is 969 g/mol. The Morgan fingerprint density at radius 1 is 0.303 bits per heavy atom. The van der Waals surface area contributed by atoms with Crippen LogP contribution in [-0.2, 0) is 64.5 Å². The van der Waals surface area contributed by atoms with Crippen LogP contribution in [-0.4, -0.2) is 47.8 Å². The van der Waals surface area contributed by atoms with E-state index in [9.17, 15) is 57.5 Å². The van der Waals surface area contributed by atoms with E-state index in [1.165, 1.54) is 0 Å². The molecular weight excluding hydrogens is 941 g/mol. The van der Waals surface area contributed by atoms with Crippen LogP contribution in [0.25, 0.3) is 21.5 Å². The van der Waals surface area contributed by atoms with E-state index in [-0.39, 0.29) is 69.1 Å². The number of benzene rings is 5. The maximum absolute atomic E-state index is 11.6. The van der Waals surface area contributed by atoms with E-state index < -0.39 is 70.3 Å². The number of cyclic esters (lactones) is 8. The molecule has 0 N–H and O–H groups in total. The molecule has 0 saturated carbocycles. The Hall–Kier alpha value is -7.96. The van der Waals surface area contributed by atoms with Gasteiger partial charge in [-0.25, -0.2) is 57.5 Å². The molecule has 4 aliphatic heterocycles. The van der Waals surface area contributed by atoms with Gasteiger partial charge in [-0.1, -0.05) is 36.4 Å². The Labute approximate surface area is 394 Å². The molecule has 0 unspecified atom stereocenters. The summed E-state index contributed by atoms with van der Waals surface area (Å²) in [5, 5.41) is -0.0726. The molecule has 329 valence electrons. The number of fused-ring (bicyclic) bond motifs is 6. The molecule has 11 rings (SSSR count). The summed E-state index contributed by atoms with van der Waals surface area (Å²) >= 11 is 0. The molecule has 2 aromatic heterocycles. The number of ether oxygens (including phenoxy) is 4. The molecule has 18 nitrogen and oxygen atoms in total. The summed E-state index contributed by atoms with van der Waals surface area (Å²) in [5.41, 5.74) is 1.22. The second-order valence-electron chi connectivity index (χ2n) is 13.7. The van der Waals surface area contributed by atoms with Crippen LogP contribution in [0, 0.1) is 14.9 Å². The van der Waals surface area contributed by atoms with Gasteiger partial charge in [0.25, 0.3) is 0 Å². The first-order valence-corrected chi connectivity index (χ1v) is 18.4. The standard InChI is InChI=1S/C19H12O6.C10H2O6.2C8H4O3.2CH3.Y/c20-16-12-6-4-10(8-14(12)18(22)24-16)2-1-3-11-5-7-13-15(9-11)19(23)25-17(13)21;11-7-3-1-4-6(10(14)16-8(4)12)2-5(3)9(13)15-7;2*9-7-5-3-1-2-4-6(5)8(10)11-7;;;/h4-9H,1-3H2;1-2H;2*1-4H;2*1H3;/q;;;;2*-1;. The molecule has 4 aliphatic rings. The Kier molecular flexibility index (Phi) is 14.7. The number of carbonyl (C=O) groups excluding carboxylic acids is 8. The van der Waals surface area contributed by atoms with Crippen molar-refractivity contribution in [3.05, 3.63) is 209 Å². The maximum Gasteiger partial charge on any atom is 0.346 e. The predicted octanol–water partition coefficient (Wildman–Crippen LogP) is 4.87. The van der Waals surface area contributed by atoms with Crippen LogP contribution in [0.2, 0.25) is 0 Å². The van der Waals surface area contributed by atoms with E-state index in [0.717, 1.165) is 29.7 Å². The van der Waals surface area contributed by atoms with Crippen molar-refractivity contribution in [3.63, 3.8) is 0 Å². The fraction of sp³-hybridized carbons (Fsp3) is 0.0638. The number of aryl methyl sites for hydroxylation is 2.